The van der Waals surface area contributed by atoms with Gasteiger partial charge in [-0.05, 0) is 11.1 Å². The Morgan fingerprint density at radius 3 is 2.10 bits per heavy atom. The first-order valence-electron chi connectivity index (χ1n) is 7.26. The van der Waals surface area contributed by atoms with Gasteiger partial charge in [0.2, 0.25) is 0 Å². The second-order valence-electron chi connectivity index (χ2n) is 5.64. The van der Waals surface area contributed by atoms with Crippen molar-refractivity contribution in [2.45, 2.75) is 18.1 Å². The third-order valence-electron chi connectivity index (χ3n) is 4.48. The molecule has 0 saturated carbocycles. The summed E-state index contributed by atoms with van der Waals surface area (Å²) in [5, 5.41) is 0. The van der Waals surface area contributed by atoms with E-state index in [-0.39, 0.29) is 12.2 Å². The molecule has 2 nitrogen and oxygen atoms in total. The Labute approximate surface area is 119 Å². The summed E-state index contributed by atoms with van der Waals surface area (Å²) in [6, 6.07) is 21.3. The van der Waals surface area contributed by atoms with Crippen LogP contribution in [-0.2, 0) is 9.47 Å². The van der Waals surface area contributed by atoms with Crippen LogP contribution in [0.3, 0.4) is 0 Å². The zero-order valence-electron chi connectivity index (χ0n) is 11.3. The van der Waals surface area contributed by atoms with Crippen LogP contribution in [0.5, 0.6) is 0 Å². The third-order valence-corrected chi connectivity index (χ3v) is 4.48. The fourth-order valence-corrected chi connectivity index (χ4v) is 3.60. The van der Waals surface area contributed by atoms with Crippen molar-refractivity contribution in [2.24, 2.45) is 5.92 Å². The van der Waals surface area contributed by atoms with Crippen LogP contribution in [-0.4, -0.2) is 19.3 Å². The number of rotatable bonds is 2. The monoisotopic (exact) mass is 266 g/mol. The van der Waals surface area contributed by atoms with Crippen molar-refractivity contribution >= 4 is 0 Å². The molecule has 0 amide bonds. The molecule has 2 aliphatic heterocycles. The molecule has 102 valence electrons. The average molecular weight is 266 g/mol. The minimum atomic E-state index is 0.161. The van der Waals surface area contributed by atoms with E-state index in [9.17, 15) is 0 Å². The number of benzene rings is 2. The molecule has 20 heavy (non-hydrogen) atoms. The van der Waals surface area contributed by atoms with Crippen molar-refractivity contribution in [1.29, 1.82) is 0 Å². The summed E-state index contributed by atoms with van der Waals surface area (Å²) in [6.45, 7) is 1.50. The van der Waals surface area contributed by atoms with Crippen molar-refractivity contribution in [2.75, 3.05) is 13.2 Å². The molecule has 2 bridgehead atoms. The van der Waals surface area contributed by atoms with Gasteiger partial charge in [-0.3, -0.25) is 0 Å². The van der Waals surface area contributed by atoms with Crippen LogP contribution < -0.4 is 0 Å². The van der Waals surface area contributed by atoms with Gasteiger partial charge in [-0.1, -0.05) is 60.7 Å². The van der Waals surface area contributed by atoms with E-state index in [1.165, 1.54) is 11.1 Å². The molecule has 0 N–H and O–H groups in total. The normalized spacial score (nSPS) is 32.2. The van der Waals surface area contributed by atoms with Crippen LogP contribution in [0.4, 0.5) is 0 Å². The van der Waals surface area contributed by atoms with Crippen LogP contribution in [0.2, 0.25) is 0 Å². The molecule has 0 unspecified atom stereocenters. The van der Waals surface area contributed by atoms with Crippen LogP contribution in [0.1, 0.15) is 23.1 Å². The molecule has 2 aromatic rings. The SMILES string of the molecule is c1ccc([C@H]2[C@H]3COC[C@@H]2O[C@H]3c2ccccc2)cc1. The van der Waals surface area contributed by atoms with Crippen molar-refractivity contribution in [3.8, 4) is 0 Å². The number of fused-ring (bicyclic) bond motifs is 2. The van der Waals surface area contributed by atoms with Crippen LogP contribution in [0, 0.1) is 5.92 Å². The highest BCUT2D eigenvalue weighted by Gasteiger charge is 2.48. The van der Waals surface area contributed by atoms with E-state index < -0.39 is 0 Å². The lowest BCUT2D eigenvalue weighted by molar-refractivity contribution is -0.00403. The lowest BCUT2D eigenvalue weighted by Gasteiger charge is -2.29. The zero-order valence-corrected chi connectivity index (χ0v) is 11.3. The van der Waals surface area contributed by atoms with Gasteiger partial charge in [0.1, 0.15) is 0 Å². The van der Waals surface area contributed by atoms with Crippen LogP contribution in [0.25, 0.3) is 0 Å². The smallest absolute Gasteiger partial charge is 0.0889 e. The van der Waals surface area contributed by atoms with Gasteiger partial charge in [0.25, 0.3) is 0 Å². The Morgan fingerprint density at radius 1 is 0.750 bits per heavy atom. The first-order valence-corrected chi connectivity index (χ1v) is 7.26. The fourth-order valence-electron chi connectivity index (χ4n) is 3.60. The van der Waals surface area contributed by atoms with E-state index in [1.54, 1.807) is 0 Å². The molecule has 2 heteroatoms. The zero-order chi connectivity index (χ0) is 13.4. The molecule has 2 saturated heterocycles. The van der Waals surface area contributed by atoms with Crippen molar-refractivity contribution < 1.29 is 9.47 Å². The predicted molar refractivity (Wildman–Crippen MR) is 77.5 cm³/mol. The van der Waals surface area contributed by atoms with Gasteiger partial charge in [-0.15, -0.1) is 0 Å². The Hall–Kier alpha value is -1.64. The van der Waals surface area contributed by atoms with E-state index in [4.69, 9.17) is 9.47 Å². The first-order chi connectivity index (χ1) is 9.93. The molecular weight excluding hydrogens is 248 g/mol. The molecule has 2 heterocycles. The third kappa shape index (κ3) is 1.96. The van der Waals surface area contributed by atoms with E-state index in [0.29, 0.717) is 18.4 Å². The van der Waals surface area contributed by atoms with Crippen molar-refractivity contribution in [3.05, 3.63) is 71.8 Å². The largest absolute Gasteiger partial charge is 0.378 e. The highest BCUT2D eigenvalue weighted by Crippen LogP contribution is 2.49. The van der Waals surface area contributed by atoms with E-state index in [0.717, 1.165) is 6.61 Å². The lowest BCUT2D eigenvalue weighted by atomic mass is 9.79. The molecule has 0 radical (unpaired) electrons. The van der Waals surface area contributed by atoms with Gasteiger partial charge >= 0.3 is 0 Å². The Kier molecular flexibility index (Phi) is 3.06. The Morgan fingerprint density at radius 2 is 1.40 bits per heavy atom. The number of hydrogen-bond donors (Lipinski definition) is 0. The standard InChI is InChI=1S/C18H18O2/c1-3-7-13(8-4-1)17-15-11-19-12-16(17)20-18(15)14-9-5-2-6-10-14/h1-10,15-18H,11-12H2/t15-,16+,17+,18+/m1/s1. The molecule has 0 aliphatic carbocycles. The van der Waals surface area contributed by atoms with Crippen LogP contribution >= 0.6 is 0 Å². The van der Waals surface area contributed by atoms with Gasteiger partial charge in [0.05, 0.1) is 25.4 Å². The second-order valence-corrected chi connectivity index (χ2v) is 5.64. The summed E-state index contributed by atoms with van der Waals surface area (Å²) in [4.78, 5) is 0. The summed E-state index contributed by atoms with van der Waals surface area (Å²) >= 11 is 0. The summed E-state index contributed by atoms with van der Waals surface area (Å²) in [5.41, 5.74) is 2.65. The lowest BCUT2D eigenvalue weighted by Crippen LogP contribution is -2.31. The summed E-state index contributed by atoms with van der Waals surface area (Å²) < 4.78 is 12.0. The molecule has 2 fully saturated rings. The quantitative estimate of drug-likeness (QED) is 0.827. The predicted octanol–water partition coefficient (Wildman–Crippen LogP) is 3.56. The molecule has 0 spiro atoms. The van der Waals surface area contributed by atoms with Gasteiger partial charge in [0, 0.05) is 11.8 Å². The molecule has 4 atom stereocenters. The second kappa shape index (κ2) is 5.04. The average Bonchev–Trinajstić information content (AvgIpc) is 2.75. The van der Waals surface area contributed by atoms with E-state index in [1.807, 2.05) is 0 Å². The van der Waals surface area contributed by atoms with Crippen molar-refractivity contribution in [1.82, 2.24) is 0 Å². The molecule has 2 aromatic carbocycles. The maximum Gasteiger partial charge on any atom is 0.0889 e. The highest BCUT2D eigenvalue weighted by molar-refractivity contribution is 5.28. The molecule has 0 aromatic heterocycles. The van der Waals surface area contributed by atoms with Crippen molar-refractivity contribution in [3.63, 3.8) is 0 Å². The fraction of sp³-hybridized carbons (Fsp3) is 0.333. The van der Waals surface area contributed by atoms with Gasteiger partial charge in [-0.25, -0.2) is 0 Å². The maximum absolute atomic E-state index is 6.31. The topological polar surface area (TPSA) is 18.5 Å². The minimum Gasteiger partial charge on any atom is -0.378 e. The summed E-state index contributed by atoms with van der Waals surface area (Å²) in [5.74, 6) is 0.869. The Bertz CT molecular complexity index is 566. The van der Waals surface area contributed by atoms with Gasteiger partial charge < -0.3 is 9.47 Å². The maximum atomic E-state index is 6.31. The van der Waals surface area contributed by atoms with Gasteiger partial charge in [0.15, 0.2) is 0 Å². The summed E-state index contributed by atoms with van der Waals surface area (Å²) in [7, 11) is 0. The van der Waals surface area contributed by atoms with E-state index >= 15 is 0 Å². The van der Waals surface area contributed by atoms with E-state index in [2.05, 4.69) is 60.7 Å². The highest BCUT2D eigenvalue weighted by atomic mass is 16.6. The van der Waals surface area contributed by atoms with Crippen LogP contribution in [0.15, 0.2) is 60.7 Å². The first kappa shape index (κ1) is 12.1. The summed E-state index contributed by atoms with van der Waals surface area (Å²) in [6.07, 6.45) is 0.343. The minimum absolute atomic E-state index is 0.161. The Balaban J connectivity index is 1.70. The van der Waals surface area contributed by atoms with Gasteiger partial charge in [-0.2, -0.15) is 0 Å². The number of hydrogen-bond acceptors (Lipinski definition) is 2. The molecule has 2 aliphatic rings. The molecular formula is C18H18O2. The number of ether oxygens (including phenoxy) is 2. The molecule has 4 rings (SSSR count).